The lowest BCUT2D eigenvalue weighted by atomic mass is 9.92. The maximum absolute atomic E-state index is 12.5. The van der Waals surface area contributed by atoms with Crippen LogP contribution in [0.1, 0.15) is 18.4 Å². The van der Waals surface area contributed by atoms with E-state index in [1.165, 1.54) is 10.4 Å². The summed E-state index contributed by atoms with van der Waals surface area (Å²) in [5.41, 5.74) is 2.43. The fourth-order valence-electron chi connectivity index (χ4n) is 2.85. The molecule has 23 heavy (non-hydrogen) atoms. The second-order valence-electron chi connectivity index (χ2n) is 5.77. The van der Waals surface area contributed by atoms with E-state index in [1.807, 2.05) is 18.2 Å². The molecule has 0 aliphatic carbocycles. The zero-order chi connectivity index (χ0) is 16.5. The van der Waals surface area contributed by atoms with E-state index in [0.29, 0.717) is 25.9 Å². The first kappa shape index (κ1) is 16.0. The Hall–Kier alpha value is -1.90. The van der Waals surface area contributed by atoms with Crippen LogP contribution in [-0.2, 0) is 25.4 Å². The maximum atomic E-state index is 12.5. The molecule has 0 unspecified atom stereocenters. The maximum Gasteiger partial charge on any atom is 0.354 e. The molecule has 1 aromatic carbocycles. The smallest absolute Gasteiger partial charge is 0.354 e. The third kappa shape index (κ3) is 3.39. The molecular formula is C15H18N2O5S. The van der Waals surface area contributed by atoms with Gasteiger partial charge < -0.3 is 5.11 Å². The summed E-state index contributed by atoms with van der Waals surface area (Å²) in [5.74, 6) is -1.11. The Balaban J connectivity index is 1.66. The number of carboxylic acid groups (broad SMARTS) is 1. The van der Waals surface area contributed by atoms with Crippen molar-refractivity contribution in [2.24, 2.45) is 0 Å². The van der Waals surface area contributed by atoms with E-state index in [1.54, 1.807) is 12.1 Å². The van der Waals surface area contributed by atoms with Gasteiger partial charge in [-0.2, -0.15) is 0 Å². The van der Waals surface area contributed by atoms with Crippen molar-refractivity contribution >= 4 is 16.0 Å². The van der Waals surface area contributed by atoms with Crippen molar-refractivity contribution in [3.63, 3.8) is 0 Å². The molecule has 3 rings (SSSR count). The molecule has 0 bridgehead atoms. The van der Waals surface area contributed by atoms with Crippen LogP contribution in [-0.4, -0.2) is 42.5 Å². The third-order valence-corrected chi connectivity index (χ3v) is 6.01. The van der Waals surface area contributed by atoms with Crippen LogP contribution in [0.5, 0.6) is 0 Å². The quantitative estimate of drug-likeness (QED) is 0.845. The number of benzene rings is 1. The van der Waals surface area contributed by atoms with E-state index in [4.69, 9.17) is 9.94 Å². The van der Waals surface area contributed by atoms with Gasteiger partial charge in [-0.25, -0.2) is 17.5 Å². The average molecular weight is 338 g/mol. The van der Waals surface area contributed by atoms with Crippen LogP contribution >= 0.6 is 0 Å². The summed E-state index contributed by atoms with van der Waals surface area (Å²) in [5, 5.41) is 8.96. The summed E-state index contributed by atoms with van der Waals surface area (Å²) in [6, 6.07) is 9.04. The number of rotatable bonds is 4. The summed E-state index contributed by atoms with van der Waals surface area (Å²) in [4.78, 5) is 16.3. The van der Waals surface area contributed by atoms with Crippen LogP contribution in [0.4, 0.5) is 0 Å². The zero-order valence-corrected chi connectivity index (χ0v) is 13.3. The molecule has 0 aromatic heterocycles. The molecule has 0 atom stereocenters. The molecular weight excluding hydrogens is 320 g/mol. The molecule has 0 amide bonds. The van der Waals surface area contributed by atoms with Crippen LogP contribution < -0.4 is 5.48 Å². The SMILES string of the molecule is O=C(O)C1=CC2(CCN(S(=O)(=O)Cc3ccccc3)CC2)ON1. The largest absolute Gasteiger partial charge is 0.477 e. The standard InChI is InChI=1S/C15H18N2O5S/c18-14(19)13-10-15(22-16-13)6-8-17(9-7-15)23(20,21)11-12-4-2-1-3-5-12/h1-5,10,16H,6-9,11H2,(H,18,19). The number of nitrogens with one attached hydrogen (secondary N) is 1. The number of sulfonamides is 1. The second-order valence-corrected chi connectivity index (χ2v) is 7.74. The van der Waals surface area contributed by atoms with Crippen molar-refractivity contribution in [1.29, 1.82) is 0 Å². The van der Waals surface area contributed by atoms with Gasteiger partial charge in [-0.1, -0.05) is 30.3 Å². The Labute approximate surface area is 134 Å². The molecule has 1 saturated heterocycles. The van der Waals surface area contributed by atoms with Gasteiger partial charge in [-0.05, 0) is 24.5 Å². The lowest BCUT2D eigenvalue weighted by Gasteiger charge is -2.35. The average Bonchev–Trinajstić information content (AvgIpc) is 2.92. The van der Waals surface area contributed by atoms with Gasteiger partial charge in [0.2, 0.25) is 10.0 Å². The Morgan fingerprint density at radius 1 is 1.26 bits per heavy atom. The number of piperidine rings is 1. The highest BCUT2D eigenvalue weighted by molar-refractivity contribution is 7.88. The van der Waals surface area contributed by atoms with Crippen molar-refractivity contribution in [1.82, 2.24) is 9.79 Å². The van der Waals surface area contributed by atoms with Gasteiger partial charge in [0.25, 0.3) is 0 Å². The van der Waals surface area contributed by atoms with Gasteiger partial charge in [0.1, 0.15) is 11.3 Å². The van der Waals surface area contributed by atoms with Crippen LogP contribution in [0.3, 0.4) is 0 Å². The summed E-state index contributed by atoms with van der Waals surface area (Å²) in [6.07, 6.45) is 2.38. The van der Waals surface area contributed by atoms with Gasteiger partial charge in [0.05, 0.1) is 5.75 Å². The number of hydrogen-bond donors (Lipinski definition) is 2. The molecule has 1 spiro atoms. The van der Waals surface area contributed by atoms with Crippen LogP contribution in [0, 0.1) is 0 Å². The highest BCUT2D eigenvalue weighted by Crippen LogP contribution is 2.33. The third-order valence-electron chi connectivity index (χ3n) is 4.16. The Morgan fingerprint density at radius 3 is 2.48 bits per heavy atom. The van der Waals surface area contributed by atoms with Crippen LogP contribution in [0.25, 0.3) is 0 Å². The first-order chi connectivity index (χ1) is 10.9. The van der Waals surface area contributed by atoms with Gasteiger partial charge in [-0.3, -0.25) is 10.3 Å². The molecule has 8 heteroatoms. The Bertz CT molecular complexity index is 721. The topological polar surface area (TPSA) is 95.9 Å². The minimum absolute atomic E-state index is 0.00518. The van der Waals surface area contributed by atoms with E-state index in [-0.39, 0.29) is 11.4 Å². The highest BCUT2D eigenvalue weighted by Gasteiger charge is 2.42. The number of hydroxylamine groups is 1. The number of nitrogens with zero attached hydrogens (tertiary/aromatic N) is 1. The minimum atomic E-state index is -3.39. The van der Waals surface area contributed by atoms with Gasteiger partial charge in [-0.15, -0.1) is 0 Å². The molecule has 2 aliphatic rings. The summed E-state index contributed by atoms with van der Waals surface area (Å²) in [7, 11) is -3.39. The molecule has 2 aliphatic heterocycles. The predicted molar refractivity (Wildman–Crippen MR) is 82.5 cm³/mol. The molecule has 2 N–H and O–H groups in total. The molecule has 1 fully saturated rings. The summed E-state index contributed by atoms with van der Waals surface area (Å²) in [6.45, 7) is 0.612. The fraction of sp³-hybridized carbons (Fsp3) is 0.400. The number of carboxylic acids is 1. The van der Waals surface area contributed by atoms with Crippen molar-refractivity contribution in [2.75, 3.05) is 13.1 Å². The molecule has 1 aromatic rings. The van der Waals surface area contributed by atoms with Gasteiger partial charge in [0, 0.05) is 13.1 Å². The summed E-state index contributed by atoms with van der Waals surface area (Å²) < 4.78 is 26.4. The Morgan fingerprint density at radius 2 is 1.91 bits per heavy atom. The first-order valence-corrected chi connectivity index (χ1v) is 8.93. The van der Waals surface area contributed by atoms with Crippen LogP contribution in [0.15, 0.2) is 42.1 Å². The van der Waals surface area contributed by atoms with E-state index < -0.39 is 21.6 Å². The lowest BCUT2D eigenvalue weighted by Crippen LogP contribution is -2.47. The minimum Gasteiger partial charge on any atom is -0.477 e. The number of carbonyl (C=O) groups is 1. The van der Waals surface area contributed by atoms with Crippen molar-refractivity contribution in [3.8, 4) is 0 Å². The molecule has 7 nitrogen and oxygen atoms in total. The van der Waals surface area contributed by atoms with E-state index in [9.17, 15) is 13.2 Å². The van der Waals surface area contributed by atoms with E-state index >= 15 is 0 Å². The monoisotopic (exact) mass is 338 g/mol. The predicted octanol–water partition coefficient (Wildman–Crippen LogP) is 0.854. The molecule has 2 heterocycles. The number of hydrogen-bond acceptors (Lipinski definition) is 5. The van der Waals surface area contributed by atoms with E-state index in [2.05, 4.69) is 5.48 Å². The Kier molecular flexibility index (Phi) is 4.13. The molecule has 0 saturated carbocycles. The highest BCUT2D eigenvalue weighted by atomic mass is 32.2. The summed E-state index contributed by atoms with van der Waals surface area (Å²) >= 11 is 0. The van der Waals surface area contributed by atoms with Crippen molar-refractivity contribution in [3.05, 3.63) is 47.7 Å². The van der Waals surface area contributed by atoms with Crippen LogP contribution in [0.2, 0.25) is 0 Å². The fourth-order valence-corrected chi connectivity index (χ4v) is 4.38. The molecule has 0 radical (unpaired) electrons. The lowest BCUT2D eigenvalue weighted by molar-refractivity contribution is -0.135. The van der Waals surface area contributed by atoms with Crippen molar-refractivity contribution < 1.29 is 23.2 Å². The second kappa shape index (κ2) is 5.95. The molecule has 124 valence electrons. The van der Waals surface area contributed by atoms with Gasteiger partial charge in [0.15, 0.2) is 0 Å². The number of aliphatic carboxylic acids is 1. The zero-order valence-electron chi connectivity index (χ0n) is 12.4. The van der Waals surface area contributed by atoms with Crippen molar-refractivity contribution in [2.45, 2.75) is 24.2 Å². The normalized spacial score (nSPS) is 21.0. The van der Waals surface area contributed by atoms with Gasteiger partial charge >= 0.3 is 5.97 Å². The van der Waals surface area contributed by atoms with E-state index in [0.717, 1.165) is 5.56 Å². The first-order valence-electron chi connectivity index (χ1n) is 7.32.